The molecule has 1 aliphatic rings. The fourth-order valence-electron chi connectivity index (χ4n) is 3.19. The highest BCUT2D eigenvalue weighted by Gasteiger charge is 2.24. The van der Waals surface area contributed by atoms with Crippen LogP contribution in [0.15, 0.2) is 30.5 Å². The molecule has 1 saturated heterocycles. The molecule has 4 rings (SSSR count). The molecule has 5 nitrogen and oxygen atoms in total. The maximum absolute atomic E-state index is 13.8. The summed E-state index contributed by atoms with van der Waals surface area (Å²) in [5, 5.41) is 9.05. The largest absolute Gasteiger partial charge is 0.380 e. The number of nitrogens with one attached hydrogen (secondary N) is 1. The minimum Gasteiger partial charge on any atom is -0.380 e. The van der Waals surface area contributed by atoms with Gasteiger partial charge in [0.15, 0.2) is 0 Å². The molecule has 1 N–H and O–H groups in total. The van der Waals surface area contributed by atoms with E-state index < -0.39 is 0 Å². The number of imidazole rings is 1. The smallest absolute Gasteiger partial charge is 0.214 e. The van der Waals surface area contributed by atoms with Crippen LogP contribution in [0.5, 0.6) is 0 Å². The Labute approximate surface area is 156 Å². The number of benzene rings is 1. The predicted molar refractivity (Wildman–Crippen MR) is 105 cm³/mol. The average Bonchev–Trinajstić information content (AvgIpc) is 3.16. The van der Waals surface area contributed by atoms with E-state index in [2.05, 4.69) is 31.0 Å². The summed E-state index contributed by atoms with van der Waals surface area (Å²) in [6.07, 6.45) is 3.95. The van der Waals surface area contributed by atoms with E-state index in [0.717, 1.165) is 41.7 Å². The van der Waals surface area contributed by atoms with Gasteiger partial charge in [-0.15, -0.1) is 5.10 Å². The van der Waals surface area contributed by atoms with Crippen LogP contribution in [0, 0.1) is 5.82 Å². The zero-order valence-electron chi connectivity index (χ0n) is 15.4. The molecule has 1 aromatic carbocycles. The van der Waals surface area contributed by atoms with E-state index in [4.69, 9.17) is 10.1 Å². The molecular weight excluding hydrogens is 349 g/mol. The lowest BCUT2D eigenvalue weighted by Gasteiger charge is -2.32. The first kappa shape index (κ1) is 17.3. The molecule has 3 heterocycles. The van der Waals surface area contributed by atoms with Gasteiger partial charge in [-0.25, -0.2) is 13.9 Å². The van der Waals surface area contributed by atoms with Gasteiger partial charge in [0.2, 0.25) is 10.1 Å². The number of piperidine rings is 1. The van der Waals surface area contributed by atoms with Crippen LogP contribution in [0.3, 0.4) is 0 Å². The summed E-state index contributed by atoms with van der Waals surface area (Å²) in [6, 6.07) is 7.16. The minimum atomic E-state index is -0.189. The number of anilines is 2. The lowest BCUT2D eigenvalue weighted by Crippen LogP contribution is -2.39. The molecule has 2 aromatic heterocycles. The fraction of sp³-hybridized carbons (Fsp3) is 0.474. The first-order chi connectivity index (χ1) is 12.4. The Bertz CT molecular complexity index is 871. The highest BCUT2D eigenvalue weighted by molar-refractivity contribution is 7.20. The summed E-state index contributed by atoms with van der Waals surface area (Å²) in [5.74, 6) is -0.189. The van der Waals surface area contributed by atoms with Crippen LogP contribution in [0.25, 0.3) is 4.96 Å². The van der Waals surface area contributed by atoms with Crippen LogP contribution in [0.1, 0.15) is 39.3 Å². The maximum Gasteiger partial charge on any atom is 0.214 e. The van der Waals surface area contributed by atoms with E-state index in [0.29, 0.717) is 11.7 Å². The molecule has 3 aromatic rings. The highest BCUT2D eigenvalue weighted by Crippen LogP contribution is 2.29. The van der Waals surface area contributed by atoms with Crippen molar-refractivity contribution < 1.29 is 4.39 Å². The van der Waals surface area contributed by atoms with Gasteiger partial charge < -0.3 is 10.2 Å². The van der Waals surface area contributed by atoms with Crippen molar-refractivity contribution in [3.05, 3.63) is 42.0 Å². The lowest BCUT2D eigenvalue weighted by atomic mass is 9.93. The van der Waals surface area contributed by atoms with Gasteiger partial charge in [0, 0.05) is 24.5 Å². The van der Waals surface area contributed by atoms with Crippen LogP contribution >= 0.6 is 11.3 Å². The second kappa shape index (κ2) is 6.54. The molecule has 0 spiro atoms. The van der Waals surface area contributed by atoms with E-state index in [-0.39, 0.29) is 11.2 Å². The molecule has 0 atom stereocenters. The van der Waals surface area contributed by atoms with Gasteiger partial charge in [-0.05, 0) is 25.0 Å². The van der Waals surface area contributed by atoms with E-state index >= 15 is 0 Å². The lowest BCUT2D eigenvalue weighted by molar-refractivity contribution is 0.520. The van der Waals surface area contributed by atoms with Crippen LogP contribution in [-0.4, -0.2) is 33.7 Å². The Morgan fingerprint density at radius 3 is 2.58 bits per heavy atom. The predicted octanol–water partition coefficient (Wildman–Crippen LogP) is 4.31. The van der Waals surface area contributed by atoms with E-state index in [1.54, 1.807) is 23.5 Å². The quantitative estimate of drug-likeness (QED) is 0.743. The molecule has 26 heavy (non-hydrogen) atoms. The maximum atomic E-state index is 13.8. The molecular formula is C19H24FN5S. The third-order valence-corrected chi connectivity index (χ3v) is 5.78. The second-order valence-corrected chi connectivity index (χ2v) is 8.81. The van der Waals surface area contributed by atoms with Gasteiger partial charge in [-0.3, -0.25) is 0 Å². The monoisotopic (exact) mass is 373 g/mol. The topological polar surface area (TPSA) is 45.5 Å². The average molecular weight is 374 g/mol. The molecule has 1 fully saturated rings. The summed E-state index contributed by atoms with van der Waals surface area (Å²) in [4.78, 5) is 7.96. The third kappa shape index (κ3) is 3.40. The molecule has 0 radical (unpaired) electrons. The Kier molecular flexibility index (Phi) is 4.34. The van der Waals surface area contributed by atoms with E-state index in [1.807, 2.05) is 16.8 Å². The van der Waals surface area contributed by atoms with Crippen molar-refractivity contribution in [1.29, 1.82) is 0 Å². The number of fused-ring (bicyclic) bond motifs is 1. The van der Waals surface area contributed by atoms with Crippen molar-refractivity contribution in [1.82, 2.24) is 14.6 Å². The number of halogens is 1. The zero-order valence-corrected chi connectivity index (χ0v) is 16.2. The standard InChI is InChI=1S/C19H24FN5S/c1-19(2,3)16-12-25-17(22-16)26-18(23-25)24-10-8-13(9-11-24)21-15-7-5-4-6-14(15)20/h4-7,12-13,21H,8-11H2,1-3H3. The zero-order chi connectivity index (χ0) is 18.3. The van der Waals surface area contributed by atoms with Crippen molar-refractivity contribution >= 4 is 27.1 Å². The first-order valence-electron chi connectivity index (χ1n) is 9.03. The van der Waals surface area contributed by atoms with Gasteiger partial charge in [0.25, 0.3) is 0 Å². The molecule has 1 aliphatic heterocycles. The Morgan fingerprint density at radius 2 is 1.92 bits per heavy atom. The number of hydrogen-bond donors (Lipinski definition) is 1. The van der Waals surface area contributed by atoms with Crippen molar-refractivity contribution in [2.45, 2.75) is 45.1 Å². The van der Waals surface area contributed by atoms with Crippen LogP contribution in [0.4, 0.5) is 15.2 Å². The molecule has 0 unspecified atom stereocenters. The summed E-state index contributed by atoms with van der Waals surface area (Å²) in [5.41, 5.74) is 1.69. The normalized spacial score (nSPS) is 16.4. The van der Waals surface area contributed by atoms with Gasteiger partial charge >= 0.3 is 0 Å². The number of para-hydroxylation sites is 1. The van der Waals surface area contributed by atoms with Crippen molar-refractivity contribution in [2.75, 3.05) is 23.3 Å². The van der Waals surface area contributed by atoms with Crippen LogP contribution in [-0.2, 0) is 5.41 Å². The number of rotatable bonds is 3. The van der Waals surface area contributed by atoms with Gasteiger partial charge in [0.05, 0.1) is 17.6 Å². The number of hydrogen-bond acceptors (Lipinski definition) is 5. The van der Waals surface area contributed by atoms with Crippen LogP contribution in [0.2, 0.25) is 0 Å². The summed E-state index contributed by atoms with van der Waals surface area (Å²) < 4.78 is 15.7. The van der Waals surface area contributed by atoms with Gasteiger partial charge in [-0.1, -0.05) is 44.2 Å². The molecule has 0 saturated carbocycles. The highest BCUT2D eigenvalue weighted by atomic mass is 32.1. The minimum absolute atomic E-state index is 0.0321. The summed E-state index contributed by atoms with van der Waals surface area (Å²) >= 11 is 1.63. The van der Waals surface area contributed by atoms with Crippen molar-refractivity contribution in [3.63, 3.8) is 0 Å². The fourth-order valence-corrected chi connectivity index (χ4v) is 4.13. The van der Waals surface area contributed by atoms with Crippen LogP contribution < -0.4 is 10.2 Å². The Morgan fingerprint density at radius 1 is 1.19 bits per heavy atom. The molecule has 138 valence electrons. The summed E-state index contributed by atoms with van der Waals surface area (Å²) in [6.45, 7) is 8.30. The number of nitrogens with zero attached hydrogens (tertiary/aromatic N) is 4. The summed E-state index contributed by atoms with van der Waals surface area (Å²) in [7, 11) is 0. The SMILES string of the molecule is CC(C)(C)c1cn2nc(N3CCC(Nc4ccccc4F)CC3)sc2n1. The molecule has 0 bridgehead atoms. The second-order valence-electron chi connectivity index (χ2n) is 7.87. The molecule has 0 aliphatic carbocycles. The Balaban J connectivity index is 1.41. The van der Waals surface area contributed by atoms with Gasteiger partial charge in [-0.2, -0.15) is 0 Å². The number of aromatic nitrogens is 3. The Hall–Kier alpha value is -2.15. The van der Waals surface area contributed by atoms with E-state index in [1.165, 1.54) is 6.07 Å². The molecule has 0 amide bonds. The van der Waals surface area contributed by atoms with Crippen molar-refractivity contribution in [2.24, 2.45) is 0 Å². The van der Waals surface area contributed by atoms with E-state index in [9.17, 15) is 4.39 Å². The molecule has 7 heteroatoms. The van der Waals surface area contributed by atoms with Gasteiger partial charge in [0.1, 0.15) is 5.82 Å². The van der Waals surface area contributed by atoms with Crippen molar-refractivity contribution in [3.8, 4) is 0 Å². The first-order valence-corrected chi connectivity index (χ1v) is 9.84. The third-order valence-electron chi connectivity index (χ3n) is 4.80.